The number of esters is 2. The standard InChI is InChI=1S/2C14H12O3/c2*1-16-13-9-5-6-11(10-13)14(15)17-12-7-3-2-4-8-12/h2*2-10H,1H3. The molecule has 6 nitrogen and oxygen atoms in total. The normalized spacial score (nSPS) is 9.71. The molecule has 34 heavy (non-hydrogen) atoms. The summed E-state index contributed by atoms with van der Waals surface area (Å²) in [5.41, 5.74) is 0.932. The lowest BCUT2D eigenvalue weighted by molar-refractivity contribution is 0.0725. The van der Waals surface area contributed by atoms with E-state index < -0.39 is 11.9 Å². The smallest absolute Gasteiger partial charge is 0.343 e. The molecule has 4 aromatic carbocycles. The maximum atomic E-state index is 11.8. The van der Waals surface area contributed by atoms with Gasteiger partial charge in [-0.2, -0.15) is 0 Å². The SMILES string of the molecule is COc1cccc(C(=O)Oc2ccccc2)c1.COc1cccc(C(=O)Oc2ccccc2)c1. The summed E-state index contributed by atoms with van der Waals surface area (Å²) in [6.45, 7) is 0. The number of rotatable bonds is 6. The van der Waals surface area contributed by atoms with Gasteiger partial charge in [-0.3, -0.25) is 0 Å². The number of hydrogen-bond donors (Lipinski definition) is 0. The van der Waals surface area contributed by atoms with Gasteiger partial charge in [0.2, 0.25) is 0 Å². The largest absolute Gasteiger partial charge is 0.497 e. The Morgan fingerprint density at radius 1 is 0.471 bits per heavy atom. The van der Waals surface area contributed by atoms with Gasteiger partial charge in [-0.15, -0.1) is 0 Å². The van der Waals surface area contributed by atoms with Gasteiger partial charge in [0.25, 0.3) is 0 Å². The van der Waals surface area contributed by atoms with Gasteiger partial charge in [0, 0.05) is 0 Å². The molecule has 0 amide bonds. The van der Waals surface area contributed by atoms with Crippen LogP contribution in [0.5, 0.6) is 23.0 Å². The Bertz CT molecular complexity index is 1110. The topological polar surface area (TPSA) is 71.1 Å². The predicted octanol–water partition coefficient (Wildman–Crippen LogP) is 5.83. The van der Waals surface area contributed by atoms with Gasteiger partial charge in [-0.1, -0.05) is 48.5 Å². The van der Waals surface area contributed by atoms with E-state index in [-0.39, 0.29) is 0 Å². The first kappa shape index (κ1) is 24.1. The van der Waals surface area contributed by atoms with E-state index in [9.17, 15) is 9.59 Å². The third-order valence-electron chi connectivity index (χ3n) is 4.52. The molecule has 6 heteroatoms. The summed E-state index contributed by atoms with van der Waals surface area (Å²) in [6.07, 6.45) is 0. The van der Waals surface area contributed by atoms with Crippen LogP contribution >= 0.6 is 0 Å². The molecule has 172 valence electrons. The monoisotopic (exact) mass is 456 g/mol. The fourth-order valence-electron chi connectivity index (χ4n) is 2.81. The molecule has 0 atom stereocenters. The molecular weight excluding hydrogens is 432 g/mol. The zero-order chi connectivity index (χ0) is 24.2. The van der Waals surface area contributed by atoms with Crippen LogP contribution in [0.1, 0.15) is 20.7 Å². The lowest BCUT2D eigenvalue weighted by Gasteiger charge is -2.05. The molecule has 0 fully saturated rings. The summed E-state index contributed by atoms with van der Waals surface area (Å²) in [6, 6.07) is 31.6. The van der Waals surface area contributed by atoms with Crippen LogP contribution in [0.2, 0.25) is 0 Å². The van der Waals surface area contributed by atoms with Crippen molar-refractivity contribution in [1.29, 1.82) is 0 Å². The Kier molecular flexibility index (Phi) is 8.82. The summed E-state index contributed by atoms with van der Waals surface area (Å²) < 4.78 is 20.5. The van der Waals surface area contributed by atoms with Gasteiger partial charge in [0.05, 0.1) is 25.3 Å². The molecule has 0 N–H and O–H groups in total. The Balaban J connectivity index is 0.000000191. The molecule has 0 saturated carbocycles. The molecule has 0 unspecified atom stereocenters. The second-order valence-electron chi connectivity index (χ2n) is 6.87. The van der Waals surface area contributed by atoms with Crippen molar-refractivity contribution < 1.29 is 28.5 Å². The maximum absolute atomic E-state index is 11.8. The van der Waals surface area contributed by atoms with E-state index in [0.717, 1.165) is 0 Å². The first-order chi connectivity index (χ1) is 16.6. The minimum atomic E-state index is -0.393. The number of carbonyl (C=O) groups is 2. The van der Waals surface area contributed by atoms with Crippen LogP contribution in [-0.4, -0.2) is 26.2 Å². The zero-order valence-corrected chi connectivity index (χ0v) is 18.8. The Morgan fingerprint density at radius 2 is 0.824 bits per heavy atom. The zero-order valence-electron chi connectivity index (χ0n) is 18.8. The molecule has 0 radical (unpaired) electrons. The van der Waals surface area contributed by atoms with Crippen molar-refractivity contribution in [2.24, 2.45) is 0 Å². The van der Waals surface area contributed by atoms with E-state index >= 15 is 0 Å². The van der Waals surface area contributed by atoms with Crippen LogP contribution in [-0.2, 0) is 0 Å². The molecule has 4 rings (SSSR count). The fraction of sp³-hybridized carbons (Fsp3) is 0.0714. The number of benzene rings is 4. The van der Waals surface area contributed by atoms with Crippen LogP contribution in [0.3, 0.4) is 0 Å². The lowest BCUT2D eigenvalue weighted by atomic mass is 10.2. The molecule has 0 aromatic heterocycles. The Labute approximate surface area is 198 Å². The van der Waals surface area contributed by atoms with Crippen molar-refractivity contribution in [2.75, 3.05) is 14.2 Å². The third-order valence-corrected chi connectivity index (χ3v) is 4.52. The average Bonchev–Trinajstić information content (AvgIpc) is 2.90. The number of ether oxygens (including phenoxy) is 4. The summed E-state index contributed by atoms with van der Waals surface area (Å²) >= 11 is 0. The van der Waals surface area contributed by atoms with Gasteiger partial charge < -0.3 is 18.9 Å². The minimum Gasteiger partial charge on any atom is -0.497 e. The number of hydrogen-bond acceptors (Lipinski definition) is 6. The van der Waals surface area contributed by atoms with Crippen LogP contribution in [0.15, 0.2) is 109 Å². The van der Waals surface area contributed by atoms with Crippen LogP contribution in [0.4, 0.5) is 0 Å². The maximum Gasteiger partial charge on any atom is 0.343 e. The highest BCUT2D eigenvalue weighted by molar-refractivity contribution is 5.92. The molecule has 4 aromatic rings. The highest BCUT2D eigenvalue weighted by atomic mass is 16.5. The third kappa shape index (κ3) is 7.24. The van der Waals surface area contributed by atoms with E-state index in [4.69, 9.17) is 18.9 Å². The molecule has 0 aliphatic heterocycles. The molecule has 0 heterocycles. The summed E-state index contributed by atoms with van der Waals surface area (Å²) in [5, 5.41) is 0. The quantitative estimate of drug-likeness (QED) is 0.269. The van der Waals surface area contributed by atoms with Crippen molar-refractivity contribution in [2.45, 2.75) is 0 Å². The summed E-state index contributed by atoms with van der Waals surface area (Å²) in [5.74, 6) is 1.53. The first-order valence-electron chi connectivity index (χ1n) is 10.4. The van der Waals surface area contributed by atoms with Crippen molar-refractivity contribution in [3.8, 4) is 23.0 Å². The van der Waals surface area contributed by atoms with Crippen LogP contribution in [0.25, 0.3) is 0 Å². The summed E-state index contributed by atoms with van der Waals surface area (Å²) in [7, 11) is 3.11. The molecule has 0 aliphatic carbocycles. The van der Waals surface area contributed by atoms with Crippen molar-refractivity contribution in [3.05, 3.63) is 120 Å². The highest BCUT2D eigenvalue weighted by Crippen LogP contribution is 2.17. The first-order valence-corrected chi connectivity index (χ1v) is 10.4. The van der Waals surface area contributed by atoms with Gasteiger partial charge >= 0.3 is 11.9 Å². The number of methoxy groups -OCH3 is 2. The van der Waals surface area contributed by atoms with E-state index in [1.165, 1.54) is 0 Å². The predicted molar refractivity (Wildman–Crippen MR) is 129 cm³/mol. The highest BCUT2D eigenvalue weighted by Gasteiger charge is 2.10. The molecule has 0 aliphatic rings. The molecular formula is C28H24O6. The lowest BCUT2D eigenvalue weighted by Crippen LogP contribution is -2.08. The van der Waals surface area contributed by atoms with Gasteiger partial charge in [0.15, 0.2) is 0 Å². The van der Waals surface area contributed by atoms with Crippen LogP contribution in [0, 0.1) is 0 Å². The van der Waals surface area contributed by atoms with Crippen molar-refractivity contribution in [1.82, 2.24) is 0 Å². The second kappa shape index (κ2) is 12.5. The molecule has 0 bridgehead atoms. The van der Waals surface area contributed by atoms with Crippen molar-refractivity contribution >= 4 is 11.9 Å². The Hall–Kier alpha value is -4.58. The van der Waals surface area contributed by atoms with Gasteiger partial charge in [0.1, 0.15) is 23.0 Å². The van der Waals surface area contributed by atoms with Gasteiger partial charge in [-0.05, 0) is 60.7 Å². The van der Waals surface area contributed by atoms with Crippen molar-refractivity contribution in [3.63, 3.8) is 0 Å². The molecule has 0 saturated heterocycles. The fourth-order valence-corrected chi connectivity index (χ4v) is 2.81. The van der Waals surface area contributed by atoms with Crippen LogP contribution < -0.4 is 18.9 Å². The average molecular weight is 456 g/mol. The van der Waals surface area contributed by atoms with E-state index in [1.54, 1.807) is 87.0 Å². The summed E-state index contributed by atoms with van der Waals surface area (Å²) in [4.78, 5) is 23.6. The number of carbonyl (C=O) groups excluding carboxylic acids is 2. The van der Waals surface area contributed by atoms with E-state index in [1.807, 2.05) is 36.4 Å². The molecule has 0 spiro atoms. The minimum absolute atomic E-state index is 0.393. The van der Waals surface area contributed by atoms with Gasteiger partial charge in [-0.25, -0.2) is 9.59 Å². The number of para-hydroxylation sites is 2. The van der Waals surface area contributed by atoms with E-state index in [2.05, 4.69) is 0 Å². The Morgan fingerprint density at radius 3 is 1.18 bits per heavy atom. The second-order valence-corrected chi connectivity index (χ2v) is 6.87. The van der Waals surface area contributed by atoms with E-state index in [0.29, 0.717) is 34.1 Å².